The number of hydrogen-bond donors (Lipinski definition) is 3. The van der Waals surface area contributed by atoms with Gasteiger partial charge >= 0.3 is 0 Å². The minimum Gasteiger partial charge on any atom is -0.389 e. The molecule has 2 atom stereocenters. The van der Waals surface area contributed by atoms with Crippen molar-refractivity contribution >= 4 is 12.6 Å². The predicted molar refractivity (Wildman–Crippen MR) is 55.9 cm³/mol. The first kappa shape index (κ1) is 12.0. The van der Waals surface area contributed by atoms with Gasteiger partial charge in [-0.1, -0.05) is 6.07 Å². The Morgan fingerprint density at radius 1 is 1.47 bits per heavy atom. The summed E-state index contributed by atoms with van der Waals surface area (Å²) in [5.74, 6) is -0.636. The van der Waals surface area contributed by atoms with Crippen LogP contribution in [0.4, 0.5) is 4.39 Å². The largest absolute Gasteiger partial charge is 0.389 e. The van der Waals surface area contributed by atoms with Gasteiger partial charge in [0.1, 0.15) is 18.0 Å². The van der Waals surface area contributed by atoms with Crippen LogP contribution >= 0.6 is 12.6 Å². The predicted octanol–water partition coefficient (Wildman–Crippen LogP) is 1.02. The maximum Gasteiger partial charge on any atom is 0.141 e. The van der Waals surface area contributed by atoms with Gasteiger partial charge in [-0.25, -0.2) is 4.39 Å². The summed E-state index contributed by atoms with van der Waals surface area (Å²) in [5.41, 5.74) is 0.138. The minimum absolute atomic E-state index is 0.0722. The SMILES string of the molecule is N#Cc1ccc(C(O)C(O)CS)cc1F. The molecule has 0 saturated heterocycles. The molecule has 0 fully saturated rings. The third-order valence-corrected chi connectivity index (χ3v) is 2.38. The van der Waals surface area contributed by atoms with Crippen LogP contribution in [0.25, 0.3) is 0 Å². The Kier molecular flexibility index (Phi) is 4.09. The molecule has 1 rings (SSSR count). The van der Waals surface area contributed by atoms with Gasteiger partial charge in [-0.2, -0.15) is 17.9 Å². The Bertz CT molecular complexity index is 391. The van der Waals surface area contributed by atoms with Crippen molar-refractivity contribution in [3.05, 3.63) is 35.1 Å². The highest BCUT2D eigenvalue weighted by atomic mass is 32.1. The zero-order chi connectivity index (χ0) is 11.4. The lowest BCUT2D eigenvalue weighted by atomic mass is 10.0. The molecular formula is C10H10FNO2S. The molecular weight excluding hydrogens is 217 g/mol. The Morgan fingerprint density at radius 3 is 2.60 bits per heavy atom. The van der Waals surface area contributed by atoms with Gasteiger partial charge in [0.2, 0.25) is 0 Å². The average molecular weight is 227 g/mol. The normalized spacial score (nSPS) is 14.3. The molecule has 3 nitrogen and oxygen atoms in total. The lowest BCUT2D eigenvalue weighted by Gasteiger charge is -2.16. The molecule has 0 bridgehead atoms. The highest BCUT2D eigenvalue weighted by molar-refractivity contribution is 7.80. The van der Waals surface area contributed by atoms with Gasteiger partial charge in [0.15, 0.2) is 0 Å². The van der Waals surface area contributed by atoms with Crippen LogP contribution in [0.3, 0.4) is 0 Å². The Balaban J connectivity index is 2.98. The van der Waals surface area contributed by atoms with Crippen LogP contribution in [0.1, 0.15) is 17.2 Å². The molecule has 0 spiro atoms. The molecule has 0 aromatic heterocycles. The molecule has 0 aliphatic rings. The highest BCUT2D eigenvalue weighted by Crippen LogP contribution is 2.20. The first-order valence-corrected chi connectivity index (χ1v) is 4.90. The topological polar surface area (TPSA) is 64.2 Å². The summed E-state index contributed by atoms with van der Waals surface area (Å²) in [7, 11) is 0. The number of nitriles is 1. The number of rotatable bonds is 3. The molecule has 15 heavy (non-hydrogen) atoms. The summed E-state index contributed by atoms with van der Waals surface area (Å²) in [4.78, 5) is 0. The molecule has 80 valence electrons. The second kappa shape index (κ2) is 5.12. The smallest absolute Gasteiger partial charge is 0.141 e. The molecule has 0 amide bonds. The molecule has 0 aliphatic heterocycles. The van der Waals surface area contributed by atoms with Gasteiger partial charge in [-0.15, -0.1) is 0 Å². The van der Waals surface area contributed by atoms with Crippen molar-refractivity contribution in [2.24, 2.45) is 0 Å². The molecule has 5 heteroatoms. The monoisotopic (exact) mass is 227 g/mol. The maximum atomic E-state index is 13.1. The van der Waals surface area contributed by atoms with Crippen molar-refractivity contribution in [1.29, 1.82) is 5.26 Å². The van der Waals surface area contributed by atoms with Crippen LogP contribution in [0, 0.1) is 17.1 Å². The summed E-state index contributed by atoms with van der Waals surface area (Å²) in [6, 6.07) is 5.37. The van der Waals surface area contributed by atoms with Crippen LogP contribution in [0.2, 0.25) is 0 Å². The van der Waals surface area contributed by atoms with E-state index in [-0.39, 0.29) is 16.9 Å². The molecule has 0 heterocycles. The lowest BCUT2D eigenvalue weighted by molar-refractivity contribution is 0.0336. The van der Waals surface area contributed by atoms with Crippen molar-refractivity contribution in [3.8, 4) is 6.07 Å². The van der Waals surface area contributed by atoms with Gasteiger partial charge in [0.05, 0.1) is 11.7 Å². The lowest BCUT2D eigenvalue weighted by Crippen LogP contribution is -2.19. The van der Waals surface area contributed by atoms with E-state index in [1.807, 2.05) is 0 Å². The van der Waals surface area contributed by atoms with E-state index in [9.17, 15) is 14.6 Å². The number of aliphatic hydroxyl groups is 2. The number of thiol groups is 1. The number of benzene rings is 1. The zero-order valence-corrected chi connectivity index (χ0v) is 8.66. The summed E-state index contributed by atoms with van der Waals surface area (Å²) >= 11 is 3.81. The van der Waals surface area contributed by atoms with Crippen LogP contribution in [0.15, 0.2) is 18.2 Å². The number of hydrogen-bond acceptors (Lipinski definition) is 4. The summed E-state index contributed by atoms with van der Waals surface area (Å²) in [6.07, 6.45) is -2.24. The summed E-state index contributed by atoms with van der Waals surface area (Å²) in [6.45, 7) is 0. The third kappa shape index (κ3) is 2.69. The quantitative estimate of drug-likeness (QED) is 0.675. The van der Waals surface area contributed by atoms with E-state index in [0.29, 0.717) is 0 Å². The summed E-state index contributed by atoms with van der Waals surface area (Å²) in [5, 5.41) is 27.3. The maximum absolute atomic E-state index is 13.1. The van der Waals surface area contributed by atoms with E-state index in [4.69, 9.17) is 5.26 Å². The second-order valence-electron chi connectivity index (χ2n) is 3.05. The highest BCUT2D eigenvalue weighted by Gasteiger charge is 2.17. The van der Waals surface area contributed by atoms with Crippen molar-refractivity contribution in [2.45, 2.75) is 12.2 Å². The molecule has 0 radical (unpaired) electrons. The van der Waals surface area contributed by atoms with E-state index < -0.39 is 18.0 Å². The van der Waals surface area contributed by atoms with Crippen molar-refractivity contribution in [1.82, 2.24) is 0 Å². The van der Waals surface area contributed by atoms with Gasteiger partial charge in [0.25, 0.3) is 0 Å². The fourth-order valence-corrected chi connectivity index (χ4v) is 1.33. The van der Waals surface area contributed by atoms with Gasteiger partial charge in [-0.3, -0.25) is 0 Å². The number of halogens is 1. The summed E-state index contributed by atoms with van der Waals surface area (Å²) < 4.78 is 13.1. The van der Waals surface area contributed by atoms with Crippen molar-refractivity contribution in [2.75, 3.05) is 5.75 Å². The van der Waals surface area contributed by atoms with E-state index in [1.165, 1.54) is 12.1 Å². The molecule has 0 saturated carbocycles. The number of nitrogens with zero attached hydrogens (tertiary/aromatic N) is 1. The molecule has 0 aliphatic carbocycles. The fourth-order valence-electron chi connectivity index (χ4n) is 1.13. The van der Waals surface area contributed by atoms with E-state index >= 15 is 0 Å². The van der Waals surface area contributed by atoms with Crippen LogP contribution < -0.4 is 0 Å². The standard InChI is InChI=1S/C10H10FNO2S/c11-8-3-6(1-2-7(8)4-12)10(14)9(13)5-15/h1-3,9-10,13-15H,5H2. The first-order valence-electron chi connectivity index (χ1n) is 4.26. The van der Waals surface area contributed by atoms with Crippen molar-refractivity contribution in [3.63, 3.8) is 0 Å². The molecule has 2 N–H and O–H groups in total. The van der Waals surface area contributed by atoms with Crippen LogP contribution in [0.5, 0.6) is 0 Å². The first-order chi connectivity index (χ1) is 7.10. The molecule has 1 aromatic carbocycles. The van der Waals surface area contributed by atoms with Gasteiger partial charge < -0.3 is 10.2 Å². The van der Waals surface area contributed by atoms with Crippen LogP contribution in [-0.4, -0.2) is 22.1 Å². The van der Waals surface area contributed by atoms with Crippen LogP contribution in [-0.2, 0) is 0 Å². The Morgan fingerprint density at radius 2 is 2.13 bits per heavy atom. The third-order valence-electron chi connectivity index (χ3n) is 2.01. The minimum atomic E-state index is -1.19. The Labute approximate surface area is 92.2 Å². The molecule has 1 aromatic rings. The van der Waals surface area contributed by atoms with Gasteiger partial charge in [-0.05, 0) is 17.7 Å². The Hall–Kier alpha value is -1.09. The van der Waals surface area contributed by atoms with Gasteiger partial charge in [0, 0.05) is 5.75 Å². The number of aliphatic hydroxyl groups excluding tert-OH is 2. The van der Waals surface area contributed by atoms with E-state index in [0.717, 1.165) is 6.07 Å². The average Bonchev–Trinajstić information content (AvgIpc) is 2.26. The van der Waals surface area contributed by atoms with Crippen molar-refractivity contribution < 1.29 is 14.6 Å². The van der Waals surface area contributed by atoms with E-state index in [2.05, 4.69) is 12.6 Å². The zero-order valence-electron chi connectivity index (χ0n) is 7.76. The molecule has 2 unspecified atom stereocenters. The second-order valence-corrected chi connectivity index (χ2v) is 3.41. The fraction of sp³-hybridized carbons (Fsp3) is 0.300. The van der Waals surface area contributed by atoms with E-state index in [1.54, 1.807) is 6.07 Å².